The van der Waals surface area contributed by atoms with E-state index in [0.29, 0.717) is 18.0 Å². The second-order valence-electron chi connectivity index (χ2n) is 3.84. The van der Waals surface area contributed by atoms with Gasteiger partial charge in [-0.15, -0.1) is 11.3 Å². The third kappa shape index (κ3) is 2.65. The van der Waals surface area contributed by atoms with Gasteiger partial charge in [-0.1, -0.05) is 0 Å². The zero-order chi connectivity index (χ0) is 12.4. The van der Waals surface area contributed by atoms with E-state index < -0.39 is 6.10 Å². The van der Waals surface area contributed by atoms with Crippen LogP contribution < -0.4 is 4.74 Å². The van der Waals surface area contributed by atoms with E-state index in [1.807, 2.05) is 12.3 Å². The van der Waals surface area contributed by atoms with Crippen molar-refractivity contribution in [3.63, 3.8) is 0 Å². The molecule has 2 heterocycles. The van der Waals surface area contributed by atoms with Crippen molar-refractivity contribution in [3.05, 3.63) is 27.8 Å². The monoisotopic (exact) mass is 253 g/mol. The van der Waals surface area contributed by atoms with Crippen LogP contribution in [0.1, 0.15) is 22.5 Å². The molecule has 6 heteroatoms. The zero-order valence-electron chi connectivity index (χ0n) is 10.0. The smallest absolute Gasteiger partial charge is 0.211 e. The molecular formula is C11H15N3O2S. The van der Waals surface area contributed by atoms with Crippen LogP contribution in [0.15, 0.2) is 11.4 Å². The highest BCUT2D eigenvalue weighted by molar-refractivity contribution is 7.09. The number of aryl methyl sites for hydroxylation is 2. The number of aliphatic hydroxyl groups is 1. The number of hydrogen-bond acceptors (Lipinski definition) is 5. The van der Waals surface area contributed by atoms with Gasteiger partial charge in [-0.25, -0.2) is 9.67 Å². The van der Waals surface area contributed by atoms with Gasteiger partial charge in [-0.05, 0) is 6.92 Å². The van der Waals surface area contributed by atoms with Crippen molar-refractivity contribution in [1.29, 1.82) is 0 Å². The molecule has 1 N–H and O–H groups in total. The first-order chi connectivity index (χ1) is 8.10. The molecule has 92 valence electrons. The van der Waals surface area contributed by atoms with E-state index in [-0.39, 0.29) is 0 Å². The van der Waals surface area contributed by atoms with Crippen molar-refractivity contribution in [2.45, 2.75) is 19.4 Å². The van der Waals surface area contributed by atoms with Gasteiger partial charge in [-0.3, -0.25) is 0 Å². The predicted molar refractivity (Wildman–Crippen MR) is 65.3 cm³/mol. The van der Waals surface area contributed by atoms with Crippen LogP contribution in [0.3, 0.4) is 0 Å². The van der Waals surface area contributed by atoms with Gasteiger partial charge in [0.25, 0.3) is 0 Å². The number of rotatable bonds is 4. The molecule has 2 rings (SSSR count). The van der Waals surface area contributed by atoms with E-state index in [2.05, 4.69) is 10.1 Å². The second kappa shape index (κ2) is 4.85. The lowest BCUT2D eigenvalue weighted by atomic mass is 10.2. The Bertz CT molecular complexity index is 507. The van der Waals surface area contributed by atoms with E-state index in [4.69, 9.17) is 4.74 Å². The van der Waals surface area contributed by atoms with Gasteiger partial charge in [0.05, 0.1) is 17.8 Å². The summed E-state index contributed by atoms with van der Waals surface area (Å²) < 4.78 is 6.71. The first-order valence-electron chi connectivity index (χ1n) is 5.27. The summed E-state index contributed by atoms with van der Waals surface area (Å²) in [5, 5.41) is 17.1. The van der Waals surface area contributed by atoms with Crippen LogP contribution >= 0.6 is 11.3 Å². The van der Waals surface area contributed by atoms with E-state index in [9.17, 15) is 5.11 Å². The van der Waals surface area contributed by atoms with E-state index in [0.717, 1.165) is 10.7 Å². The Labute approximate surface area is 104 Å². The average molecular weight is 253 g/mol. The first kappa shape index (κ1) is 12.1. The molecule has 0 fully saturated rings. The summed E-state index contributed by atoms with van der Waals surface area (Å²) in [6, 6.07) is 1.74. The lowest BCUT2D eigenvalue weighted by molar-refractivity contribution is 0.172. The zero-order valence-corrected chi connectivity index (χ0v) is 10.9. The van der Waals surface area contributed by atoms with Gasteiger partial charge in [0.1, 0.15) is 6.10 Å². The molecular weight excluding hydrogens is 238 g/mol. The number of aromatic nitrogens is 3. The Balaban J connectivity index is 2.11. The fraction of sp³-hybridized carbons (Fsp3) is 0.455. The maximum Gasteiger partial charge on any atom is 0.211 e. The first-order valence-corrected chi connectivity index (χ1v) is 6.15. The minimum atomic E-state index is -0.643. The fourth-order valence-electron chi connectivity index (χ4n) is 1.59. The minimum Gasteiger partial charge on any atom is -0.481 e. The minimum absolute atomic E-state index is 0.485. The van der Waals surface area contributed by atoms with Crippen molar-refractivity contribution >= 4 is 11.3 Å². The van der Waals surface area contributed by atoms with Crippen LogP contribution in [0, 0.1) is 6.92 Å². The quantitative estimate of drug-likeness (QED) is 0.896. The van der Waals surface area contributed by atoms with Gasteiger partial charge < -0.3 is 9.84 Å². The molecule has 0 saturated carbocycles. The van der Waals surface area contributed by atoms with E-state index in [1.54, 1.807) is 36.2 Å². The average Bonchev–Trinajstić information content (AvgIpc) is 2.85. The Hall–Kier alpha value is -1.40. The molecule has 2 aromatic rings. The summed E-state index contributed by atoms with van der Waals surface area (Å²) in [6.07, 6.45) is -0.158. The lowest BCUT2D eigenvalue weighted by Gasteiger charge is -2.04. The molecule has 0 aliphatic rings. The fourth-order valence-corrected chi connectivity index (χ4v) is 2.40. The number of thiazole rings is 1. The van der Waals surface area contributed by atoms with Crippen molar-refractivity contribution in [3.8, 4) is 5.88 Å². The second-order valence-corrected chi connectivity index (χ2v) is 4.78. The maximum atomic E-state index is 10.1. The molecule has 0 aromatic carbocycles. The summed E-state index contributed by atoms with van der Waals surface area (Å²) in [7, 11) is 3.36. The molecule has 2 aromatic heterocycles. The molecule has 0 aliphatic carbocycles. The molecule has 0 aliphatic heterocycles. The van der Waals surface area contributed by atoms with Crippen LogP contribution in [0.5, 0.6) is 5.88 Å². The van der Waals surface area contributed by atoms with Gasteiger partial charge >= 0.3 is 0 Å². The molecule has 0 spiro atoms. The molecule has 5 nitrogen and oxygen atoms in total. The Morgan fingerprint density at radius 2 is 2.35 bits per heavy atom. The topological polar surface area (TPSA) is 60.2 Å². The largest absolute Gasteiger partial charge is 0.481 e. The molecule has 0 radical (unpaired) electrons. The van der Waals surface area contributed by atoms with Crippen LogP contribution in [-0.4, -0.2) is 27.0 Å². The predicted octanol–water partition coefficient (Wildman–Crippen LogP) is 1.47. The molecule has 1 unspecified atom stereocenters. The number of aliphatic hydroxyl groups excluding tert-OH is 1. The summed E-state index contributed by atoms with van der Waals surface area (Å²) in [5.41, 5.74) is 1.59. The van der Waals surface area contributed by atoms with Gasteiger partial charge in [0, 0.05) is 30.6 Å². The third-order valence-electron chi connectivity index (χ3n) is 2.44. The molecule has 0 amide bonds. The van der Waals surface area contributed by atoms with E-state index >= 15 is 0 Å². The van der Waals surface area contributed by atoms with E-state index in [1.165, 1.54) is 0 Å². The summed E-state index contributed by atoms with van der Waals surface area (Å²) in [6.45, 7) is 1.94. The Morgan fingerprint density at radius 1 is 1.59 bits per heavy atom. The van der Waals surface area contributed by atoms with Crippen molar-refractivity contribution in [2.24, 2.45) is 7.05 Å². The van der Waals surface area contributed by atoms with Gasteiger partial charge in [0.15, 0.2) is 0 Å². The summed E-state index contributed by atoms with van der Waals surface area (Å²) >= 11 is 1.55. The van der Waals surface area contributed by atoms with Crippen LogP contribution in [-0.2, 0) is 13.5 Å². The summed E-state index contributed by atoms with van der Waals surface area (Å²) in [5.74, 6) is 0.634. The summed E-state index contributed by atoms with van der Waals surface area (Å²) in [4.78, 5) is 4.32. The Kier molecular flexibility index (Phi) is 3.44. The Morgan fingerprint density at radius 3 is 2.88 bits per heavy atom. The van der Waals surface area contributed by atoms with Crippen molar-refractivity contribution < 1.29 is 9.84 Å². The highest BCUT2D eigenvalue weighted by Crippen LogP contribution is 2.22. The molecule has 0 saturated heterocycles. The van der Waals surface area contributed by atoms with Crippen LogP contribution in [0.2, 0.25) is 0 Å². The van der Waals surface area contributed by atoms with Gasteiger partial charge in [-0.2, -0.15) is 5.10 Å². The molecule has 17 heavy (non-hydrogen) atoms. The SMILES string of the molecule is COc1cc(C(O)Cc2nc(C)cs2)nn1C. The standard InChI is InChI=1S/C11H15N3O2S/c1-7-6-17-10(12-7)5-9(15)8-4-11(16-3)14(2)13-8/h4,6,9,15H,5H2,1-3H3. The van der Waals surface area contributed by atoms with Crippen LogP contribution in [0.4, 0.5) is 0 Å². The third-order valence-corrected chi connectivity index (χ3v) is 3.43. The molecule has 0 bridgehead atoms. The molecule has 1 atom stereocenters. The number of nitrogens with zero attached hydrogens (tertiary/aromatic N) is 3. The highest BCUT2D eigenvalue weighted by atomic mass is 32.1. The highest BCUT2D eigenvalue weighted by Gasteiger charge is 2.16. The van der Waals surface area contributed by atoms with Gasteiger partial charge in [0.2, 0.25) is 5.88 Å². The number of hydrogen-bond donors (Lipinski definition) is 1. The normalized spacial score (nSPS) is 12.7. The lowest BCUT2D eigenvalue weighted by Crippen LogP contribution is -2.03. The number of methoxy groups -OCH3 is 1. The van der Waals surface area contributed by atoms with Crippen molar-refractivity contribution in [2.75, 3.05) is 7.11 Å². The maximum absolute atomic E-state index is 10.1. The van der Waals surface area contributed by atoms with Crippen molar-refractivity contribution in [1.82, 2.24) is 14.8 Å². The van der Waals surface area contributed by atoms with Crippen LogP contribution in [0.25, 0.3) is 0 Å². The number of ether oxygens (including phenoxy) is 1.